The maximum Gasteiger partial charge on any atom is 0.236 e. The predicted molar refractivity (Wildman–Crippen MR) is 161 cm³/mol. The summed E-state index contributed by atoms with van der Waals surface area (Å²) in [5, 5.41) is 25.2. The smallest absolute Gasteiger partial charge is 0.236 e. The molecule has 1 unspecified atom stereocenters. The third-order valence-electron chi connectivity index (χ3n) is 7.85. The van der Waals surface area contributed by atoms with Gasteiger partial charge in [0.15, 0.2) is 10.9 Å². The van der Waals surface area contributed by atoms with Crippen LogP contribution in [0.4, 0.5) is 20.5 Å². The van der Waals surface area contributed by atoms with Crippen LogP contribution in [0.1, 0.15) is 30.3 Å². The molecule has 1 N–H and O–H groups in total. The van der Waals surface area contributed by atoms with Gasteiger partial charge in [-0.3, -0.25) is 19.4 Å². The quantitative estimate of drug-likeness (QED) is 0.315. The number of amides is 2. The van der Waals surface area contributed by atoms with Gasteiger partial charge in [-0.25, -0.2) is 14.4 Å². The second kappa shape index (κ2) is 11.6. The third-order valence-corrected chi connectivity index (χ3v) is 9.82. The highest BCUT2D eigenvalue weighted by Crippen LogP contribution is 2.38. The van der Waals surface area contributed by atoms with Crippen molar-refractivity contribution in [2.24, 2.45) is 0 Å². The summed E-state index contributed by atoms with van der Waals surface area (Å²) in [7, 11) is 3.72. The molecule has 5 heterocycles. The Labute approximate surface area is 255 Å². The summed E-state index contributed by atoms with van der Waals surface area (Å²) in [6.07, 6.45) is 1.16. The van der Waals surface area contributed by atoms with Crippen molar-refractivity contribution in [1.82, 2.24) is 29.4 Å². The summed E-state index contributed by atoms with van der Waals surface area (Å²) in [5.74, 6) is 0.249. The molecule has 0 aliphatic carbocycles. The monoisotopic (exact) mass is 623 g/mol. The number of carbonyl (C=O) groups is 2. The van der Waals surface area contributed by atoms with Crippen molar-refractivity contribution < 1.29 is 19.1 Å². The van der Waals surface area contributed by atoms with Gasteiger partial charge in [-0.2, -0.15) is 9.78 Å². The number of benzene rings is 1. The molecule has 15 heteroatoms. The van der Waals surface area contributed by atoms with Crippen molar-refractivity contribution >= 4 is 55.5 Å². The first-order valence-corrected chi connectivity index (χ1v) is 15.6. The van der Waals surface area contributed by atoms with Crippen LogP contribution >= 0.6 is 22.7 Å². The Kier molecular flexibility index (Phi) is 7.86. The molecule has 6 rings (SSSR count). The van der Waals surface area contributed by atoms with Gasteiger partial charge in [0.25, 0.3) is 0 Å². The fourth-order valence-electron chi connectivity index (χ4n) is 5.35. The average molecular weight is 624 g/mol. The molecule has 2 saturated heterocycles. The van der Waals surface area contributed by atoms with E-state index in [2.05, 4.69) is 6.07 Å². The number of nitrogens with zero attached hydrogens (tertiary/aromatic N) is 9. The Bertz CT molecular complexity index is 1720. The molecule has 1 aromatic carbocycles. The first kappa shape index (κ1) is 29.1. The molecule has 0 bridgehead atoms. The topological polar surface area (TPSA) is 134 Å². The Hall–Kier alpha value is -3.97. The number of imidazole rings is 1. The van der Waals surface area contributed by atoms with Crippen LogP contribution in [-0.4, -0.2) is 98.7 Å². The second-order valence-corrected chi connectivity index (χ2v) is 12.6. The van der Waals surface area contributed by atoms with E-state index in [0.29, 0.717) is 76.1 Å². The fourth-order valence-corrected chi connectivity index (χ4v) is 7.14. The van der Waals surface area contributed by atoms with Crippen LogP contribution in [0.3, 0.4) is 0 Å². The number of aromatic nitrogens is 4. The van der Waals surface area contributed by atoms with E-state index in [1.165, 1.54) is 34.8 Å². The molecule has 1 atom stereocenters. The number of nitriles is 1. The minimum absolute atomic E-state index is 0.0259. The summed E-state index contributed by atoms with van der Waals surface area (Å²) in [6, 6.07) is 8.05. The molecule has 2 fully saturated rings. The average Bonchev–Trinajstić information content (AvgIpc) is 3.68. The summed E-state index contributed by atoms with van der Waals surface area (Å²) in [4.78, 5) is 43.3. The van der Waals surface area contributed by atoms with E-state index in [0.717, 1.165) is 5.69 Å². The summed E-state index contributed by atoms with van der Waals surface area (Å²) < 4.78 is 15.2. The summed E-state index contributed by atoms with van der Waals surface area (Å²) in [5.41, 5.74) is 1.92. The number of thiazole rings is 1. The Morgan fingerprint density at radius 1 is 1.19 bits per heavy atom. The van der Waals surface area contributed by atoms with Crippen LogP contribution in [0.15, 0.2) is 24.3 Å². The van der Waals surface area contributed by atoms with Crippen LogP contribution in [-0.2, 0) is 16.0 Å². The van der Waals surface area contributed by atoms with Crippen molar-refractivity contribution in [3.8, 4) is 17.3 Å². The molecule has 0 radical (unpaired) electrons. The lowest BCUT2D eigenvalue weighted by Gasteiger charge is -2.39. The van der Waals surface area contributed by atoms with E-state index in [1.54, 1.807) is 26.4 Å². The van der Waals surface area contributed by atoms with Gasteiger partial charge in [-0.05, 0) is 44.2 Å². The Morgan fingerprint density at radius 2 is 1.93 bits per heavy atom. The molecule has 2 aliphatic rings. The zero-order valence-electron chi connectivity index (χ0n) is 23.9. The SMILES string of the molecule is CCc1nc2sc(N3CC(N(C)CC(=O)N4CC(O)C4)CCC3=O)nn2c1N(C)c1nc(-c2ccc(F)cc2)c(C#N)s1. The molecule has 0 spiro atoms. The van der Waals surface area contributed by atoms with E-state index in [9.17, 15) is 24.3 Å². The van der Waals surface area contributed by atoms with Crippen LogP contribution in [0.5, 0.6) is 0 Å². The number of aryl methyl sites for hydroxylation is 1. The largest absolute Gasteiger partial charge is 0.389 e. The number of hydrogen-bond acceptors (Lipinski definition) is 11. The lowest BCUT2D eigenvalue weighted by molar-refractivity contribution is -0.142. The first-order valence-electron chi connectivity index (χ1n) is 13.9. The second-order valence-electron chi connectivity index (χ2n) is 10.7. The van der Waals surface area contributed by atoms with Gasteiger partial charge in [0.1, 0.15) is 22.5 Å². The van der Waals surface area contributed by atoms with E-state index in [-0.39, 0.29) is 30.2 Å². The molecule has 3 aromatic heterocycles. The standard InChI is InChI=1S/C28H30FN9O3S2/c1-4-20-25(35(3)26-32-24(21(11-30)42-26)16-5-7-17(29)8-6-16)38-27(31-20)43-28(33-38)37-12-18(9-10-22(37)40)34(2)15-23(41)36-13-19(39)14-36/h5-8,18-19,39H,4,9-10,12-15H2,1-3H3. The number of carbonyl (C=O) groups excluding carboxylic acids is 2. The zero-order chi connectivity index (χ0) is 30.4. The minimum atomic E-state index is -0.445. The van der Waals surface area contributed by atoms with Gasteiger partial charge in [-0.1, -0.05) is 29.6 Å². The van der Waals surface area contributed by atoms with Crippen molar-refractivity contribution in [3.63, 3.8) is 0 Å². The molecule has 2 amide bonds. The zero-order valence-corrected chi connectivity index (χ0v) is 25.5. The molecule has 43 heavy (non-hydrogen) atoms. The normalized spacial score (nSPS) is 17.5. The van der Waals surface area contributed by atoms with Crippen molar-refractivity contribution in [1.29, 1.82) is 5.26 Å². The van der Waals surface area contributed by atoms with Gasteiger partial charge in [0.2, 0.25) is 21.9 Å². The number of β-amino-alcohol motifs (C(OH)–C–C–N with tert-alkyl or cyclic N) is 1. The van der Waals surface area contributed by atoms with E-state index in [4.69, 9.17) is 15.1 Å². The van der Waals surface area contributed by atoms with Gasteiger partial charge in [0.05, 0.1) is 18.3 Å². The summed E-state index contributed by atoms with van der Waals surface area (Å²) in [6.45, 7) is 3.34. The first-order chi connectivity index (χ1) is 20.7. The number of piperidine rings is 1. The van der Waals surface area contributed by atoms with Crippen molar-refractivity contribution in [3.05, 3.63) is 40.7 Å². The number of fused-ring (bicyclic) bond motifs is 1. The Balaban J connectivity index is 1.26. The molecule has 12 nitrogen and oxygen atoms in total. The maximum atomic E-state index is 13.5. The highest BCUT2D eigenvalue weighted by Gasteiger charge is 2.35. The van der Waals surface area contributed by atoms with Crippen molar-refractivity contribution in [2.45, 2.75) is 38.3 Å². The van der Waals surface area contributed by atoms with E-state index in [1.807, 2.05) is 30.8 Å². The number of aliphatic hydroxyl groups excluding tert-OH is 1. The number of halogens is 1. The lowest BCUT2D eigenvalue weighted by atomic mass is 10.0. The fraction of sp³-hybridized carbons (Fsp3) is 0.429. The van der Waals surface area contributed by atoms with E-state index < -0.39 is 6.10 Å². The van der Waals surface area contributed by atoms with Crippen LogP contribution in [0, 0.1) is 17.1 Å². The number of anilines is 3. The molecular weight excluding hydrogens is 594 g/mol. The summed E-state index contributed by atoms with van der Waals surface area (Å²) >= 11 is 2.54. The predicted octanol–water partition coefficient (Wildman–Crippen LogP) is 2.89. The van der Waals surface area contributed by atoms with Crippen LogP contribution in [0.2, 0.25) is 0 Å². The molecule has 2 aliphatic heterocycles. The third kappa shape index (κ3) is 5.47. The van der Waals surface area contributed by atoms with E-state index >= 15 is 0 Å². The highest BCUT2D eigenvalue weighted by atomic mass is 32.1. The molecular formula is C28H30FN9O3S2. The minimum Gasteiger partial charge on any atom is -0.389 e. The van der Waals surface area contributed by atoms with Crippen LogP contribution in [0.25, 0.3) is 16.2 Å². The number of likely N-dealkylation sites (tertiary alicyclic amines) is 1. The maximum absolute atomic E-state index is 13.5. The van der Waals surface area contributed by atoms with Gasteiger partial charge < -0.3 is 14.9 Å². The highest BCUT2D eigenvalue weighted by molar-refractivity contribution is 7.20. The number of likely N-dealkylation sites (N-methyl/N-ethyl adjacent to an activating group) is 1. The van der Waals surface area contributed by atoms with Crippen LogP contribution < -0.4 is 9.80 Å². The van der Waals surface area contributed by atoms with Gasteiger partial charge in [0, 0.05) is 44.7 Å². The molecule has 4 aromatic rings. The molecule has 224 valence electrons. The Morgan fingerprint density at radius 3 is 2.60 bits per heavy atom. The van der Waals surface area contributed by atoms with Gasteiger partial charge >= 0.3 is 0 Å². The molecule has 0 saturated carbocycles. The number of hydrogen-bond donors (Lipinski definition) is 1. The van der Waals surface area contributed by atoms with Gasteiger partial charge in [-0.15, -0.1) is 5.10 Å². The van der Waals surface area contributed by atoms with Crippen molar-refractivity contribution in [2.75, 3.05) is 50.1 Å². The number of rotatable bonds is 8. The lowest BCUT2D eigenvalue weighted by Crippen LogP contribution is -2.57. The number of aliphatic hydroxyl groups is 1.